The van der Waals surface area contributed by atoms with Crippen LogP contribution in [0.3, 0.4) is 0 Å². The topological polar surface area (TPSA) is 105 Å². The summed E-state index contributed by atoms with van der Waals surface area (Å²) in [6.07, 6.45) is 1.28. The Hall–Kier alpha value is -3.48. The minimum Gasteiger partial charge on any atom is -0.507 e. The lowest BCUT2D eigenvalue weighted by Gasteiger charge is -2.10. The molecule has 0 aliphatic carbocycles. The number of carboxylic acid groups (broad SMARTS) is 1. The summed E-state index contributed by atoms with van der Waals surface area (Å²) in [7, 11) is 2.95. The van der Waals surface area contributed by atoms with E-state index in [9.17, 15) is 19.8 Å². The van der Waals surface area contributed by atoms with E-state index in [-0.39, 0.29) is 17.0 Å². The number of rotatable bonds is 6. The predicted octanol–water partition coefficient (Wildman–Crippen LogP) is 2.26. The van der Waals surface area contributed by atoms with Gasteiger partial charge in [-0.1, -0.05) is 18.2 Å². The number of hydrogen-bond donors (Lipinski definition) is 3. The van der Waals surface area contributed by atoms with Gasteiger partial charge in [0.2, 0.25) is 0 Å². The average molecular weight is 343 g/mol. The van der Waals surface area contributed by atoms with Crippen molar-refractivity contribution in [1.29, 1.82) is 0 Å². The summed E-state index contributed by atoms with van der Waals surface area (Å²) < 4.78 is 10.3. The molecule has 0 radical (unpaired) electrons. The van der Waals surface area contributed by atoms with E-state index in [0.717, 1.165) is 0 Å². The minimum atomic E-state index is -1.32. The molecule has 0 atom stereocenters. The van der Waals surface area contributed by atoms with Crippen molar-refractivity contribution in [2.24, 2.45) is 0 Å². The van der Waals surface area contributed by atoms with Gasteiger partial charge in [-0.2, -0.15) is 0 Å². The lowest BCUT2D eigenvalue weighted by atomic mass is 10.1. The van der Waals surface area contributed by atoms with Crippen LogP contribution in [0.1, 0.15) is 15.9 Å². The maximum absolute atomic E-state index is 12.2. The molecular weight excluding hydrogens is 326 g/mol. The van der Waals surface area contributed by atoms with Crippen molar-refractivity contribution in [3.8, 4) is 17.2 Å². The summed E-state index contributed by atoms with van der Waals surface area (Å²) in [5, 5.41) is 21.3. The van der Waals surface area contributed by atoms with Gasteiger partial charge in [0, 0.05) is 0 Å². The van der Waals surface area contributed by atoms with Crippen LogP contribution in [-0.4, -0.2) is 36.3 Å². The van der Waals surface area contributed by atoms with Crippen LogP contribution >= 0.6 is 0 Å². The molecule has 130 valence electrons. The Bertz CT molecular complexity index is 828. The average Bonchev–Trinajstić information content (AvgIpc) is 2.61. The zero-order valence-corrected chi connectivity index (χ0v) is 13.6. The molecule has 0 aromatic heterocycles. The van der Waals surface area contributed by atoms with Gasteiger partial charge < -0.3 is 25.0 Å². The molecule has 3 N–H and O–H groups in total. The standard InChI is InChI=1S/C18H17NO6/c1-24-15-8-7-11(10-16(15)25-2)9-13(18(22)23)19-17(21)12-5-3-4-6-14(12)20/h3-10,20H,1-2H3,(H,19,21)(H,22,23)/b13-9-. The van der Waals surface area contributed by atoms with Crippen molar-refractivity contribution in [3.05, 3.63) is 59.3 Å². The first-order valence-corrected chi connectivity index (χ1v) is 7.22. The molecule has 0 fully saturated rings. The Morgan fingerprint density at radius 1 is 1.04 bits per heavy atom. The number of phenolic OH excluding ortho intramolecular Hbond substituents is 1. The Kier molecular flexibility index (Phi) is 5.62. The van der Waals surface area contributed by atoms with Crippen LogP contribution in [0.5, 0.6) is 17.2 Å². The Morgan fingerprint density at radius 3 is 2.32 bits per heavy atom. The summed E-state index contributed by atoms with van der Waals surface area (Å²) in [5.74, 6) is -1.37. The molecule has 2 aromatic rings. The molecule has 2 aromatic carbocycles. The molecular formula is C18H17NO6. The molecule has 0 aliphatic heterocycles. The van der Waals surface area contributed by atoms with Gasteiger partial charge in [-0.25, -0.2) is 4.79 Å². The van der Waals surface area contributed by atoms with Crippen molar-refractivity contribution in [3.63, 3.8) is 0 Å². The number of methoxy groups -OCH3 is 2. The molecule has 2 rings (SSSR count). The highest BCUT2D eigenvalue weighted by molar-refractivity contribution is 6.04. The number of carbonyl (C=O) groups excluding carboxylic acids is 1. The molecule has 0 unspecified atom stereocenters. The van der Waals surface area contributed by atoms with Crippen LogP contribution < -0.4 is 14.8 Å². The number of carbonyl (C=O) groups is 2. The van der Waals surface area contributed by atoms with Crippen LogP contribution in [0.25, 0.3) is 6.08 Å². The molecule has 0 aliphatic rings. The minimum absolute atomic E-state index is 0.0260. The van der Waals surface area contributed by atoms with Crippen LogP contribution in [0.2, 0.25) is 0 Å². The number of nitrogens with one attached hydrogen (secondary N) is 1. The van der Waals surface area contributed by atoms with E-state index in [1.54, 1.807) is 30.3 Å². The first kappa shape index (κ1) is 17.9. The highest BCUT2D eigenvalue weighted by Gasteiger charge is 2.16. The largest absolute Gasteiger partial charge is 0.507 e. The van der Waals surface area contributed by atoms with Gasteiger partial charge in [-0.15, -0.1) is 0 Å². The Balaban J connectivity index is 2.32. The molecule has 0 bridgehead atoms. The number of hydrogen-bond acceptors (Lipinski definition) is 5. The summed E-state index contributed by atoms with van der Waals surface area (Å²) in [4.78, 5) is 23.6. The van der Waals surface area contributed by atoms with Crippen molar-refractivity contribution >= 4 is 18.0 Å². The van der Waals surface area contributed by atoms with E-state index in [4.69, 9.17) is 9.47 Å². The number of benzene rings is 2. The normalized spacial score (nSPS) is 10.9. The van der Waals surface area contributed by atoms with E-state index >= 15 is 0 Å². The van der Waals surface area contributed by atoms with E-state index in [1.165, 1.54) is 32.4 Å². The monoisotopic (exact) mass is 343 g/mol. The molecule has 0 spiro atoms. The van der Waals surface area contributed by atoms with Gasteiger partial charge in [0.1, 0.15) is 11.4 Å². The van der Waals surface area contributed by atoms with Gasteiger partial charge in [-0.3, -0.25) is 4.79 Å². The molecule has 1 amide bonds. The van der Waals surface area contributed by atoms with E-state index in [1.807, 2.05) is 0 Å². The zero-order valence-electron chi connectivity index (χ0n) is 13.6. The van der Waals surface area contributed by atoms with E-state index < -0.39 is 11.9 Å². The lowest BCUT2D eigenvalue weighted by Crippen LogP contribution is -2.27. The highest BCUT2D eigenvalue weighted by atomic mass is 16.5. The fraction of sp³-hybridized carbons (Fsp3) is 0.111. The van der Waals surface area contributed by atoms with Gasteiger partial charge in [0.15, 0.2) is 11.5 Å². The van der Waals surface area contributed by atoms with Crippen molar-refractivity contribution < 1.29 is 29.3 Å². The Morgan fingerprint density at radius 2 is 1.72 bits per heavy atom. The van der Waals surface area contributed by atoms with Gasteiger partial charge >= 0.3 is 5.97 Å². The number of para-hydroxylation sites is 1. The summed E-state index contributed by atoms with van der Waals surface area (Å²) >= 11 is 0. The van der Waals surface area contributed by atoms with E-state index in [0.29, 0.717) is 17.1 Å². The SMILES string of the molecule is COc1ccc(/C=C(\NC(=O)c2ccccc2O)C(=O)O)cc1OC. The predicted molar refractivity (Wildman–Crippen MR) is 90.7 cm³/mol. The molecule has 7 nitrogen and oxygen atoms in total. The number of carboxylic acids is 1. The van der Waals surface area contributed by atoms with Gasteiger partial charge in [0.25, 0.3) is 5.91 Å². The molecule has 0 heterocycles. The third-order valence-electron chi connectivity index (χ3n) is 3.35. The third kappa shape index (κ3) is 4.29. The van der Waals surface area contributed by atoms with Crippen molar-refractivity contribution in [2.45, 2.75) is 0 Å². The summed E-state index contributed by atoms with van der Waals surface area (Å²) in [5.41, 5.74) is 0.120. The Labute approximate surface area is 144 Å². The number of amides is 1. The number of aromatic hydroxyl groups is 1. The van der Waals surface area contributed by atoms with Crippen LogP contribution in [0, 0.1) is 0 Å². The fourth-order valence-corrected chi connectivity index (χ4v) is 2.12. The maximum Gasteiger partial charge on any atom is 0.352 e. The molecule has 0 saturated carbocycles. The van der Waals surface area contributed by atoms with Crippen LogP contribution in [0.4, 0.5) is 0 Å². The maximum atomic E-state index is 12.2. The van der Waals surface area contributed by atoms with Gasteiger partial charge in [0.05, 0.1) is 19.8 Å². The smallest absolute Gasteiger partial charge is 0.352 e. The third-order valence-corrected chi connectivity index (χ3v) is 3.35. The van der Waals surface area contributed by atoms with Crippen LogP contribution in [-0.2, 0) is 4.79 Å². The lowest BCUT2D eigenvalue weighted by molar-refractivity contribution is -0.132. The zero-order chi connectivity index (χ0) is 18.4. The first-order valence-electron chi connectivity index (χ1n) is 7.22. The second-order valence-corrected chi connectivity index (χ2v) is 4.95. The fourth-order valence-electron chi connectivity index (χ4n) is 2.12. The molecule has 25 heavy (non-hydrogen) atoms. The van der Waals surface area contributed by atoms with Gasteiger partial charge in [-0.05, 0) is 35.9 Å². The van der Waals surface area contributed by atoms with Crippen molar-refractivity contribution in [1.82, 2.24) is 5.32 Å². The number of aliphatic carboxylic acids is 1. The number of phenols is 1. The second-order valence-electron chi connectivity index (χ2n) is 4.95. The van der Waals surface area contributed by atoms with Crippen molar-refractivity contribution in [2.75, 3.05) is 14.2 Å². The van der Waals surface area contributed by atoms with E-state index in [2.05, 4.69) is 5.32 Å². The van der Waals surface area contributed by atoms with Crippen LogP contribution in [0.15, 0.2) is 48.2 Å². The molecule has 0 saturated heterocycles. The highest BCUT2D eigenvalue weighted by Crippen LogP contribution is 2.28. The summed E-state index contributed by atoms with van der Waals surface area (Å²) in [6, 6.07) is 10.7. The second kappa shape index (κ2) is 7.87. The summed E-state index contributed by atoms with van der Waals surface area (Å²) in [6.45, 7) is 0. The quantitative estimate of drug-likeness (QED) is 0.695. The number of ether oxygens (including phenoxy) is 2. The molecule has 7 heteroatoms. The first-order chi connectivity index (χ1) is 12.0.